The van der Waals surface area contributed by atoms with Crippen molar-refractivity contribution in [3.8, 4) is 0 Å². The van der Waals surface area contributed by atoms with Crippen LogP contribution in [0.5, 0.6) is 0 Å². The van der Waals surface area contributed by atoms with Gasteiger partial charge in [-0.2, -0.15) is 0 Å². The van der Waals surface area contributed by atoms with E-state index in [0.717, 1.165) is 5.52 Å². The van der Waals surface area contributed by atoms with Crippen LogP contribution in [0.2, 0.25) is 0 Å². The second kappa shape index (κ2) is 3.31. The number of aromatic nitrogens is 1. The van der Waals surface area contributed by atoms with Gasteiger partial charge in [-0.1, -0.05) is 18.2 Å². The third kappa shape index (κ3) is 1.51. The number of benzene rings is 1. The van der Waals surface area contributed by atoms with E-state index in [-0.39, 0.29) is 6.04 Å². The minimum atomic E-state index is 0.192. The standard InChI is InChI=1S/C13H14N2/c14-13(9-6-7-9)11-3-1-5-12-10(11)4-2-8-15-12/h1-5,8-9,13H,6-7,14H2. The average molecular weight is 198 g/mol. The highest BCUT2D eigenvalue weighted by molar-refractivity contribution is 5.82. The molecule has 1 unspecified atom stereocenters. The molecule has 1 aromatic carbocycles. The molecule has 1 aliphatic carbocycles. The Balaban J connectivity index is 2.16. The van der Waals surface area contributed by atoms with Crippen molar-refractivity contribution in [1.82, 2.24) is 4.98 Å². The molecule has 2 nitrogen and oxygen atoms in total. The van der Waals surface area contributed by atoms with Gasteiger partial charge in [0, 0.05) is 17.6 Å². The molecule has 0 saturated heterocycles. The van der Waals surface area contributed by atoms with Gasteiger partial charge >= 0.3 is 0 Å². The maximum absolute atomic E-state index is 6.24. The molecule has 0 spiro atoms. The number of nitrogens with zero attached hydrogens (tertiary/aromatic N) is 1. The second-order valence-corrected chi connectivity index (χ2v) is 4.28. The summed E-state index contributed by atoms with van der Waals surface area (Å²) in [5.74, 6) is 0.691. The van der Waals surface area contributed by atoms with Gasteiger partial charge in [-0.3, -0.25) is 4.98 Å². The summed E-state index contributed by atoms with van der Waals surface area (Å²) in [6.07, 6.45) is 4.38. The third-order valence-corrected chi connectivity index (χ3v) is 3.17. The lowest BCUT2D eigenvalue weighted by Gasteiger charge is -2.13. The van der Waals surface area contributed by atoms with Gasteiger partial charge in [0.2, 0.25) is 0 Å². The van der Waals surface area contributed by atoms with Crippen molar-refractivity contribution in [2.24, 2.45) is 11.7 Å². The summed E-state index contributed by atoms with van der Waals surface area (Å²) in [7, 11) is 0. The molecule has 1 saturated carbocycles. The Morgan fingerprint density at radius 3 is 2.87 bits per heavy atom. The van der Waals surface area contributed by atoms with E-state index in [9.17, 15) is 0 Å². The smallest absolute Gasteiger partial charge is 0.0705 e. The van der Waals surface area contributed by atoms with Crippen LogP contribution in [-0.2, 0) is 0 Å². The summed E-state index contributed by atoms with van der Waals surface area (Å²) in [6, 6.07) is 10.5. The molecule has 2 N–H and O–H groups in total. The number of hydrogen-bond acceptors (Lipinski definition) is 2. The summed E-state index contributed by atoms with van der Waals surface area (Å²) in [4.78, 5) is 4.35. The Hall–Kier alpha value is -1.41. The van der Waals surface area contributed by atoms with Gasteiger partial charge in [0.15, 0.2) is 0 Å². The SMILES string of the molecule is NC(c1cccc2ncccc12)C1CC1. The molecule has 1 heterocycles. The fourth-order valence-corrected chi connectivity index (χ4v) is 2.13. The number of nitrogens with two attached hydrogens (primary N) is 1. The highest BCUT2D eigenvalue weighted by atomic mass is 14.7. The molecule has 76 valence electrons. The molecule has 0 amide bonds. The first kappa shape index (κ1) is 8.86. The molecular formula is C13H14N2. The van der Waals surface area contributed by atoms with Gasteiger partial charge in [-0.05, 0) is 36.5 Å². The molecule has 1 atom stereocenters. The fourth-order valence-electron chi connectivity index (χ4n) is 2.13. The molecule has 3 rings (SSSR count). The largest absolute Gasteiger partial charge is 0.324 e. The van der Waals surface area contributed by atoms with E-state index < -0.39 is 0 Å². The normalized spacial score (nSPS) is 17.9. The van der Waals surface area contributed by atoms with Gasteiger partial charge in [0.1, 0.15) is 0 Å². The van der Waals surface area contributed by atoms with Gasteiger partial charge in [0.05, 0.1) is 5.52 Å². The second-order valence-electron chi connectivity index (χ2n) is 4.28. The van der Waals surface area contributed by atoms with Crippen LogP contribution < -0.4 is 5.73 Å². The van der Waals surface area contributed by atoms with E-state index in [1.165, 1.54) is 23.8 Å². The average Bonchev–Trinajstić information content (AvgIpc) is 3.11. The van der Waals surface area contributed by atoms with Crippen molar-refractivity contribution in [2.75, 3.05) is 0 Å². The molecule has 1 fully saturated rings. The molecule has 15 heavy (non-hydrogen) atoms. The maximum atomic E-state index is 6.24. The van der Waals surface area contributed by atoms with Gasteiger partial charge in [0.25, 0.3) is 0 Å². The highest BCUT2D eigenvalue weighted by Crippen LogP contribution is 2.40. The Morgan fingerprint density at radius 2 is 2.07 bits per heavy atom. The third-order valence-electron chi connectivity index (χ3n) is 3.17. The van der Waals surface area contributed by atoms with E-state index in [1.54, 1.807) is 0 Å². The van der Waals surface area contributed by atoms with Crippen LogP contribution in [0.15, 0.2) is 36.5 Å². The first-order chi connectivity index (χ1) is 7.36. The Kier molecular flexibility index (Phi) is 1.96. The lowest BCUT2D eigenvalue weighted by molar-refractivity contribution is 0.638. The van der Waals surface area contributed by atoms with E-state index in [1.807, 2.05) is 24.4 Å². The van der Waals surface area contributed by atoms with E-state index in [2.05, 4.69) is 17.1 Å². The monoisotopic (exact) mass is 198 g/mol. The zero-order chi connectivity index (χ0) is 10.3. The van der Waals surface area contributed by atoms with E-state index >= 15 is 0 Å². The Labute approximate surface area is 89.1 Å². The molecule has 0 aliphatic heterocycles. The van der Waals surface area contributed by atoms with Crippen molar-refractivity contribution >= 4 is 10.9 Å². The molecular weight excluding hydrogens is 184 g/mol. The van der Waals surface area contributed by atoms with Crippen LogP contribution in [0.25, 0.3) is 10.9 Å². The molecule has 1 aliphatic rings. The van der Waals surface area contributed by atoms with Crippen LogP contribution in [0, 0.1) is 5.92 Å². The first-order valence-electron chi connectivity index (χ1n) is 5.45. The van der Waals surface area contributed by atoms with Crippen molar-refractivity contribution < 1.29 is 0 Å². The molecule has 1 aromatic heterocycles. The molecule has 0 radical (unpaired) electrons. The number of pyridine rings is 1. The van der Waals surface area contributed by atoms with Crippen LogP contribution in [-0.4, -0.2) is 4.98 Å². The van der Waals surface area contributed by atoms with Gasteiger partial charge < -0.3 is 5.73 Å². The predicted molar refractivity (Wildman–Crippen MR) is 61.4 cm³/mol. The maximum Gasteiger partial charge on any atom is 0.0705 e. The lowest BCUT2D eigenvalue weighted by Crippen LogP contribution is -2.12. The van der Waals surface area contributed by atoms with Crippen molar-refractivity contribution in [3.63, 3.8) is 0 Å². The first-order valence-corrected chi connectivity index (χ1v) is 5.45. The summed E-state index contributed by atoms with van der Waals surface area (Å²) < 4.78 is 0. The summed E-state index contributed by atoms with van der Waals surface area (Å²) in [6.45, 7) is 0. The number of rotatable bonds is 2. The minimum Gasteiger partial charge on any atom is -0.324 e. The Bertz CT molecular complexity index is 483. The fraction of sp³-hybridized carbons (Fsp3) is 0.308. The quantitative estimate of drug-likeness (QED) is 0.805. The topological polar surface area (TPSA) is 38.9 Å². The van der Waals surface area contributed by atoms with E-state index in [4.69, 9.17) is 5.73 Å². The number of fused-ring (bicyclic) bond motifs is 1. The zero-order valence-electron chi connectivity index (χ0n) is 8.56. The summed E-state index contributed by atoms with van der Waals surface area (Å²) in [5.41, 5.74) is 8.54. The molecule has 0 bridgehead atoms. The van der Waals surface area contributed by atoms with E-state index in [0.29, 0.717) is 5.92 Å². The number of hydrogen-bond donors (Lipinski definition) is 1. The van der Waals surface area contributed by atoms with Crippen LogP contribution in [0.3, 0.4) is 0 Å². The highest BCUT2D eigenvalue weighted by Gasteiger charge is 2.30. The van der Waals surface area contributed by atoms with Crippen molar-refractivity contribution in [2.45, 2.75) is 18.9 Å². The van der Waals surface area contributed by atoms with Crippen LogP contribution >= 0.6 is 0 Å². The lowest BCUT2D eigenvalue weighted by atomic mass is 9.99. The van der Waals surface area contributed by atoms with Crippen molar-refractivity contribution in [3.05, 3.63) is 42.1 Å². The van der Waals surface area contributed by atoms with Gasteiger partial charge in [-0.25, -0.2) is 0 Å². The van der Waals surface area contributed by atoms with Crippen molar-refractivity contribution in [1.29, 1.82) is 0 Å². The molecule has 2 aromatic rings. The minimum absolute atomic E-state index is 0.192. The van der Waals surface area contributed by atoms with Crippen LogP contribution in [0.4, 0.5) is 0 Å². The van der Waals surface area contributed by atoms with Gasteiger partial charge in [-0.15, -0.1) is 0 Å². The summed E-state index contributed by atoms with van der Waals surface area (Å²) >= 11 is 0. The van der Waals surface area contributed by atoms with Crippen LogP contribution in [0.1, 0.15) is 24.4 Å². The molecule has 2 heteroatoms. The Morgan fingerprint density at radius 1 is 1.20 bits per heavy atom. The predicted octanol–water partition coefficient (Wildman–Crippen LogP) is 2.64. The zero-order valence-corrected chi connectivity index (χ0v) is 8.56. The summed E-state index contributed by atoms with van der Waals surface area (Å²) in [5, 5.41) is 1.21.